The topological polar surface area (TPSA) is 66.8 Å². The van der Waals surface area contributed by atoms with E-state index in [4.69, 9.17) is 4.74 Å². The maximum Gasteiger partial charge on any atom is 0.151 e. The Morgan fingerprint density at radius 3 is 2.50 bits per heavy atom. The van der Waals surface area contributed by atoms with E-state index in [-0.39, 0.29) is 24.2 Å². The summed E-state index contributed by atoms with van der Waals surface area (Å²) in [6, 6.07) is 16.1. The van der Waals surface area contributed by atoms with Crippen LogP contribution in [0.4, 0.5) is 0 Å². The predicted octanol–water partition coefficient (Wildman–Crippen LogP) is 3.55. The van der Waals surface area contributed by atoms with E-state index in [2.05, 4.69) is 43.0 Å². The van der Waals surface area contributed by atoms with Gasteiger partial charge >= 0.3 is 0 Å². The van der Waals surface area contributed by atoms with Crippen molar-refractivity contribution in [3.8, 4) is 5.75 Å². The molecule has 5 nitrogen and oxygen atoms in total. The van der Waals surface area contributed by atoms with Gasteiger partial charge in [-0.25, -0.2) is 8.42 Å². The van der Waals surface area contributed by atoms with E-state index in [1.807, 2.05) is 31.2 Å². The Morgan fingerprint density at radius 2 is 1.90 bits per heavy atom. The standard InChI is InChI=1S/C24H33NO4S/c1-18(2)21-9-7-20(8-10-21)14-25(22-11-12-30(27,28)17-22)15-23(26)16-29-24-6-4-5-19(3)13-24/h4-10,13,18,22-23,26H,11-12,14-17H2,1-3H3. The van der Waals surface area contributed by atoms with Crippen LogP contribution in [0.15, 0.2) is 48.5 Å². The van der Waals surface area contributed by atoms with Crippen LogP contribution in [0.3, 0.4) is 0 Å². The van der Waals surface area contributed by atoms with E-state index in [1.54, 1.807) is 0 Å². The molecule has 2 atom stereocenters. The van der Waals surface area contributed by atoms with Gasteiger partial charge in [-0.05, 0) is 48.1 Å². The van der Waals surface area contributed by atoms with E-state index >= 15 is 0 Å². The number of aliphatic hydroxyl groups excluding tert-OH is 1. The number of hydrogen-bond acceptors (Lipinski definition) is 5. The first-order valence-corrected chi connectivity index (χ1v) is 12.4. The second-order valence-electron chi connectivity index (χ2n) is 8.66. The molecule has 0 aliphatic carbocycles. The minimum absolute atomic E-state index is 0.0756. The number of sulfone groups is 1. The van der Waals surface area contributed by atoms with Crippen LogP contribution < -0.4 is 4.74 Å². The summed E-state index contributed by atoms with van der Waals surface area (Å²) in [6.07, 6.45) is -0.0959. The molecule has 1 fully saturated rings. The summed E-state index contributed by atoms with van der Waals surface area (Å²) in [7, 11) is -3.00. The minimum atomic E-state index is -3.00. The summed E-state index contributed by atoms with van der Waals surface area (Å²) < 4.78 is 29.8. The maximum atomic E-state index is 12.0. The molecule has 30 heavy (non-hydrogen) atoms. The second kappa shape index (κ2) is 9.94. The summed E-state index contributed by atoms with van der Waals surface area (Å²) in [5.41, 5.74) is 3.50. The first-order valence-electron chi connectivity index (χ1n) is 10.6. The number of aliphatic hydroxyl groups is 1. The van der Waals surface area contributed by atoms with Gasteiger partial charge in [-0.3, -0.25) is 4.90 Å². The van der Waals surface area contributed by atoms with Crippen LogP contribution in [0.25, 0.3) is 0 Å². The Bertz CT molecular complexity index is 924. The normalized spacial score (nSPS) is 19.3. The lowest BCUT2D eigenvalue weighted by Gasteiger charge is -2.30. The second-order valence-corrected chi connectivity index (χ2v) is 10.9. The number of rotatable bonds is 9. The molecule has 1 aliphatic heterocycles. The van der Waals surface area contributed by atoms with Crippen molar-refractivity contribution in [2.75, 3.05) is 24.7 Å². The van der Waals surface area contributed by atoms with Crippen molar-refractivity contribution in [2.45, 2.75) is 51.8 Å². The molecule has 1 aliphatic rings. The van der Waals surface area contributed by atoms with E-state index in [0.29, 0.717) is 25.4 Å². The zero-order chi connectivity index (χ0) is 21.7. The van der Waals surface area contributed by atoms with Gasteiger partial charge in [-0.1, -0.05) is 50.2 Å². The van der Waals surface area contributed by atoms with Crippen molar-refractivity contribution < 1.29 is 18.3 Å². The van der Waals surface area contributed by atoms with E-state index in [1.165, 1.54) is 5.56 Å². The molecule has 0 aromatic heterocycles. The summed E-state index contributed by atoms with van der Waals surface area (Å²) in [4.78, 5) is 2.10. The Morgan fingerprint density at radius 1 is 1.17 bits per heavy atom. The predicted molar refractivity (Wildman–Crippen MR) is 121 cm³/mol. The van der Waals surface area contributed by atoms with Crippen molar-refractivity contribution in [1.82, 2.24) is 4.90 Å². The number of aryl methyl sites for hydroxylation is 1. The van der Waals surface area contributed by atoms with Crippen LogP contribution in [0.1, 0.15) is 42.9 Å². The lowest BCUT2D eigenvalue weighted by Crippen LogP contribution is -2.42. The minimum Gasteiger partial charge on any atom is -0.491 e. The van der Waals surface area contributed by atoms with Crippen molar-refractivity contribution >= 4 is 9.84 Å². The van der Waals surface area contributed by atoms with Crippen LogP contribution in [-0.4, -0.2) is 55.2 Å². The number of benzene rings is 2. The summed E-state index contributed by atoms with van der Waals surface area (Å²) in [6.45, 7) is 7.48. The maximum absolute atomic E-state index is 12.0. The molecule has 0 radical (unpaired) electrons. The molecule has 0 saturated carbocycles. The van der Waals surface area contributed by atoms with Gasteiger partial charge in [0.15, 0.2) is 9.84 Å². The molecule has 6 heteroatoms. The third-order valence-electron chi connectivity index (χ3n) is 5.63. The van der Waals surface area contributed by atoms with Crippen molar-refractivity contribution in [3.63, 3.8) is 0 Å². The SMILES string of the molecule is Cc1cccc(OCC(O)CN(Cc2ccc(C(C)C)cc2)C2CCS(=O)(=O)C2)c1. The first-order chi connectivity index (χ1) is 14.2. The van der Waals surface area contributed by atoms with Crippen LogP contribution in [-0.2, 0) is 16.4 Å². The van der Waals surface area contributed by atoms with Gasteiger partial charge in [0.1, 0.15) is 18.5 Å². The molecule has 2 aromatic carbocycles. The van der Waals surface area contributed by atoms with E-state index in [0.717, 1.165) is 16.9 Å². The highest BCUT2D eigenvalue weighted by atomic mass is 32.2. The Balaban J connectivity index is 1.66. The van der Waals surface area contributed by atoms with Crippen LogP contribution in [0.2, 0.25) is 0 Å². The molecule has 3 rings (SSSR count). The average Bonchev–Trinajstić information content (AvgIpc) is 3.06. The number of hydrogen-bond donors (Lipinski definition) is 1. The zero-order valence-corrected chi connectivity index (χ0v) is 18.9. The lowest BCUT2D eigenvalue weighted by atomic mass is 10.0. The molecular formula is C24H33NO4S. The van der Waals surface area contributed by atoms with Crippen LogP contribution in [0, 0.1) is 6.92 Å². The third-order valence-corrected chi connectivity index (χ3v) is 7.38. The summed E-state index contributed by atoms with van der Waals surface area (Å²) >= 11 is 0. The fourth-order valence-corrected chi connectivity index (χ4v) is 5.63. The number of ether oxygens (including phenoxy) is 1. The molecule has 2 aromatic rings. The Labute approximate surface area is 180 Å². The lowest BCUT2D eigenvalue weighted by molar-refractivity contribution is 0.0524. The van der Waals surface area contributed by atoms with Crippen molar-refractivity contribution in [1.29, 1.82) is 0 Å². The third kappa shape index (κ3) is 6.56. The average molecular weight is 432 g/mol. The monoisotopic (exact) mass is 431 g/mol. The quantitative estimate of drug-likeness (QED) is 0.658. The van der Waals surface area contributed by atoms with Gasteiger partial charge in [0.25, 0.3) is 0 Å². The molecule has 0 amide bonds. The zero-order valence-electron chi connectivity index (χ0n) is 18.1. The van der Waals surface area contributed by atoms with Gasteiger partial charge in [0, 0.05) is 19.1 Å². The van der Waals surface area contributed by atoms with Gasteiger partial charge in [0.05, 0.1) is 11.5 Å². The fraction of sp³-hybridized carbons (Fsp3) is 0.500. The molecule has 0 spiro atoms. The molecule has 1 saturated heterocycles. The van der Waals surface area contributed by atoms with Crippen molar-refractivity contribution in [2.24, 2.45) is 0 Å². The highest BCUT2D eigenvalue weighted by Crippen LogP contribution is 2.22. The van der Waals surface area contributed by atoms with Gasteiger partial charge in [-0.2, -0.15) is 0 Å². The smallest absolute Gasteiger partial charge is 0.151 e. The fourth-order valence-electron chi connectivity index (χ4n) is 3.87. The summed E-state index contributed by atoms with van der Waals surface area (Å²) in [5.74, 6) is 1.57. The number of nitrogens with zero attached hydrogens (tertiary/aromatic N) is 1. The van der Waals surface area contributed by atoms with Crippen LogP contribution in [0.5, 0.6) is 5.75 Å². The Kier molecular flexibility index (Phi) is 7.55. The van der Waals surface area contributed by atoms with E-state index < -0.39 is 15.9 Å². The van der Waals surface area contributed by atoms with Crippen molar-refractivity contribution in [3.05, 3.63) is 65.2 Å². The Hall–Kier alpha value is -1.89. The molecule has 1 N–H and O–H groups in total. The highest BCUT2D eigenvalue weighted by Gasteiger charge is 2.33. The van der Waals surface area contributed by atoms with Gasteiger partial charge in [0.2, 0.25) is 0 Å². The summed E-state index contributed by atoms with van der Waals surface area (Å²) in [5, 5.41) is 10.6. The van der Waals surface area contributed by atoms with Gasteiger partial charge < -0.3 is 9.84 Å². The molecule has 164 valence electrons. The largest absolute Gasteiger partial charge is 0.491 e. The van der Waals surface area contributed by atoms with Crippen LogP contribution >= 0.6 is 0 Å². The first kappa shape index (κ1) is 22.8. The molecule has 0 bridgehead atoms. The highest BCUT2D eigenvalue weighted by molar-refractivity contribution is 7.91. The molecular weight excluding hydrogens is 398 g/mol. The van der Waals surface area contributed by atoms with E-state index in [9.17, 15) is 13.5 Å². The molecule has 2 unspecified atom stereocenters. The molecule has 1 heterocycles. The van der Waals surface area contributed by atoms with Gasteiger partial charge in [-0.15, -0.1) is 0 Å².